The van der Waals surface area contributed by atoms with Crippen molar-refractivity contribution >= 4 is 16.7 Å². The van der Waals surface area contributed by atoms with Gasteiger partial charge in [-0.15, -0.1) is 0 Å². The van der Waals surface area contributed by atoms with Crippen LogP contribution in [0, 0.1) is 0 Å². The van der Waals surface area contributed by atoms with Gasteiger partial charge in [0, 0.05) is 12.4 Å². The van der Waals surface area contributed by atoms with Gasteiger partial charge in [-0.25, -0.2) is 0 Å². The van der Waals surface area contributed by atoms with Gasteiger partial charge in [0.2, 0.25) is 5.91 Å². The second kappa shape index (κ2) is 6.32. The molecule has 4 heteroatoms. The van der Waals surface area contributed by atoms with Crippen LogP contribution in [0.4, 0.5) is 0 Å². The Labute approximate surface area is 140 Å². The fraction of sp³-hybridized carbons (Fsp3) is 0.200. The molecule has 1 amide bonds. The molecule has 4 rings (SSSR count). The van der Waals surface area contributed by atoms with E-state index in [2.05, 4.69) is 23.2 Å². The number of likely N-dealkylation sites (tertiary alicyclic amines) is 1. The van der Waals surface area contributed by atoms with Crippen LogP contribution in [0.5, 0.6) is 5.75 Å². The molecule has 4 nitrogen and oxygen atoms in total. The van der Waals surface area contributed by atoms with Crippen LogP contribution in [0.15, 0.2) is 67.0 Å². The summed E-state index contributed by atoms with van der Waals surface area (Å²) < 4.78 is 5.82. The standard InChI is InChI=1S/C20H18N2O2/c23-20(12-16-6-3-5-15-4-1-2-7-19(15)16)22-13-18(14-22)24-17-8-10-21-11-9-17/h1-11,18H,12-14H2. The van der Waals surface area contributed by atoms with Crippen molar-refractivity contribution in [2.24, 2.45) is 0 Å². The zero-order valence-electron chi connectivity index (χ0n) is 13.3. The van der Waals surface area contributed by atoms with Gasteiger partial charge in [-0.2, -0.15) is 0 Å². The van der Waals surface area contributed by atoms with E-state index in [-0.39, 0.29) is 12.0 Å². The summed E-state index contributed by atoms with van der Waals surface area (Å²) in [5, 5.41) is 2.32. The number of carbonyl (C=O) groups is 1. The van der Waals surface area contributed by atoms with Gasteiger partial charge in [-0.1, -0.05) is 42.5 Å². The van der Waals surface area contributed by atoms with Crippen LogP contribution in [0.1, 0.15) is 5.56 Å². The van der Waals surface area contributed by atoms with Crippen LogP contribution in [0.3, 0.4) is 0 Å². The molecule has 0 saturated carbocycles. The molecule has 1 aromatic heterocycles. The van der Waals surface area contributed by atoms with Crippen molar-refractivity contribution in [1.82, 2.24) is 9.88 Å². The highest BCUT2D eigenvalue weighted by molar-refractivity contribution is 5.90. The zero-order valence-corrected chi connectivity index (χ0v) is 13.3. The molecule has 1 aliphatic rings. The van der Waals surface area contributed by atoms with Crippen molar-refractivity contribution in [3.63, 3.8) is 0 Å². The number of ether oxygens (including phenoxy) is 1. The molecule has 1 fully saturated rings. The van der Waals surface area contributed by atoms with Crippen molar-refractivity contribution in [1.29, 1.82) is 0 Å². The first kappa shape index (κ1) is 14.7. The molecule has 120 valence electrons. The Hall–Kier alpha value is -2.88. The second-order valence-electron chi connectivity index (χ2n) is 6.04. The lowest BCUT2D eigenvalue weighted by atomic mass is 10.0. The summed E-state index contributed by atoms with van der Waals surface area (Å²) in [5.41, 5.74) is 1.08. The number of nitrogens with zero attached hydrogens (tertiary/aromatic N) is 2. The summed E-state index contributed by atoms with van der Waals surface area (Å²) in [4.78, 5) is 18.3. The molecule has 1 aliphatic heterocycles. The first-order valence-corrected chi connectivity index (χ1v) is 8.11. The van der Waals surface area contributed by atoms with Gasteiger partial charge < -0.3 is 9.64 Å². The fourth-order valence-corrected chi connectivity index (χ4v) is 3.05. The molecular weight excluding hydrogens is 300 g/mol. The van der Waals surface area contributed by atoms with Crippen molar-refractivity contribution in [2.45, 2.75) is 12.5 Å². The van der Waals surface area contributed by atoms with E-state index in [1.165, 1.54) is 5.39 Å². The Kier molecular flexibility index (Phi) is 3.87. The summed E-state index contributed by atoms with van der Waals surface area (Å²) >= 11 is 0. The molecule has 2 aromatic carbocycles. The first-order chi connectivity index (χ1) is 11.8. The fourth-order valence-electron chi connectivity index (χ4n) is 3.05. The minimum Gasteiger partial charge on any atom is -0.487 e. The minimum atomic E-state index is 0.0730. The van der Waals surface area contributed by atoms with Crippen LogP contribution in [-0.2, 0) is 11.2 Å². The molecule has 1 saturated heterocycles. The van der Waals surface area contributed by atoms with E-state index in [1.807, 2.05) is 41.3 Å². The molecule has 0 spiro atoms. The highest BCUT2D eigenvalue weighted by Crippen LogP contribution is 2.22. The normalized spacial score (nSPS) is 14.4. The van der Waals surface area contributed by atoms with E-state index >= 15 is 0 Å². The van der Waals surface area contributed by atoms with E-state index in [4.69, 9.17) is 4.74 Å². The van der Waals surface area contributed by atoms with Gasteiger partial charge in [-0.3, -0.25) is 9.78 Å². The van der Waals surface area contributed by atoms with E-state index in [0.29, 0.717) is 19.5 Å². The highest BCUT2D eigenvalue weighted by Gasteiger charge is 2.32. The molecule has 0 aliphatic carbocycles. The summed E-state index contributed by atoms with van der Waals surface area (Å²) in [6, 6.07) is 18.0. The molecule has 0 bridgehead atoms. The summed E-state index contributed by atoms with van der Waals surface area (Å²) in [7, 11) is 0. The third kappa shape index (κ3) is 2.95. The lowest BCUT2D eigenvalue weighted by molar-refractivity contribution is -0.139. The zero-order chi connectivity index (χ0) is 16.4. The third-order valence-corrected chi connectivity index (χ3v) is 4.37. The Morgan fingerprint density at radius 2 is 1.79 bits per heavy atom. The average Bonchev–Trinajstić information content (AvgIpc) is 2.59. The Bertz CT molecular complexity index is 852. The van der Waals surface area contributed by atoms with Gasteiger partial charge >= 0.3 is 0 Å². The summed E-state index contributed by atoms with van der Waals surface area (Å²) in [6.45, 7) is 1.29. The van der Waals surface area contributed by atoms with Crippen molar-refractivity contribution in [3.8, 4) is 5.75 Å². The van der Waals surface area contributed by atoms with Crippen LogP contribution < -0.4 is 4.74 Å². The van der Waals surface area contributed by atoms with E-state index < -0.39 is 0 Å². The minimum absolute atomic E-state index is 0.0730. The molecule has 0 N–H and O–H groups in total. The smallest absolute Gasteiger partial charge is 0.227 e. The third-order valence-electron chi connectivity index (χ3n) is 4.37. The average molecular weight is 318 g/mol. The number of aromatic nitrogens is 1. The first-order valence-electron chi connectivity index (χ1n) is 8.11. The number of benzene rings is 2. The number of pyridine rings is 1. The molecular formula is C20H18N2O2. The number of hydrogen-bond acceptors (Lipinski definition) is 3. The highest BCUT2D eigenvalue weighted by atomic mass is 16.5. The molecule has 24 heavy (non-hydrogen) atoms. The second-order valence-corrected chi connectivity index (χ2v) is 6.04. The molecule has 0 radical (unpaired) electrons. The van der Waals surface area contributed by atoms with Crippen LogP contribution in [-0.4, -0.2) is 35.0 Å². The van der Waals surface area contributed by atoms with Crippen LogP contribution in [0.2, 0.25) is 0 Å². The van der Waals surface area contributed by atoms with Gasteiger partial charge in [0.25, 0.3) is 0 Å². The van der Waals surface area contributed by atoms with Crippen LogP contribution in [0.25, 0.3) is 10.8 Å². The predicted molar refractivity (Wildman–Crippen MR) is 92.9 cm³/mol. The maximum absolute atomic E-state index is 12.5. The van der Waals surface area contributed by atoms with Gasteiger partial charge in [0.1, 0.15) is 11.9 Å². The predicted octanol–water partition coefficient (Wildman–Crippen LogP) is 3.07. The number of fused-ring (bicyclic) bond motifs is 1. The van der Waals surface area contributed by atoms with Gasteiger partial charge in [0.05, 0.1) is 19.5 Å². The molecule has 3 aromatic rings. The van der Waals surface area contributed by atoms with Crippen molar-refractivity contribution < 1.29 is 9.53 Å². The van der Waals surface area contributed by atoms with Crippen molar-refractivity contribution in [2.75, 3.05) is 13.1 Å². The largest absolute Gasteiger partial charge is 0.487 e. The number of hydrogen-bond donors (Lipinski definition) is 0. The lowest BCUT2D eigenvalue weighted by Crippen LogP contribution is -2.56. The molecule has 0 unspecified atom stereocenters. The number of carbonyl (C=O) groups excluding carboxylic acids is 1. The number of amides is 1. The SMILES string of the molecule is O=C(Cc1cccc2ccccc12)N1CC(Oc2ccncc2)C1. The summed E-state index contributed by atoms with van der Waals surface area (Å²) in [6.07, 6.45) is 3.92. The Balaban J connectivity index is 1.38. The van der Waals surface area contributed by atoms with Gasteiger partial charge in [-0.05, 0) is 28.5 Å². The van der Waals surface area contributed by atoms with Gasteiger partial charge in [0.15, 0.2) is 0 Å². The Morgan fingerprint density at radius 3 is 2.62 bits per heavy atom. The number of rotatable bonds is 4. The van der Waals surface area contributed by atoms with Crippen LogP contribution >= 0.6 is 0 Å². The van der Waals surface area contributed by atoms with Crippen molar-refractivity contribution in [3.05, 3.63) is 72.6 Å². The van der Waals surface area contributed by atoms with E-state index in [0.717, 1.165) is 16.7 Å². The summed E-state index contributed by atoms with van der Waals surface area (Å²) in [5.74, 6) is 0.956. The molecule has 0 atom stereocenters. The Morgan fingerprint density at radius 1 is 1.04 bits per heavy atom. The maximum Gasteiger partial charge on any atom is 0.227 e. The topological polar surface area (TPSA) is 42.4 Å². The molecule has 2 heterocycles. The maximum atomic E-state index is 12.5. The lowest BCUT2D eigenvalue weighted by Gasteiger charge is -2.39. The van der Waals surface area contributed by atoms with E-state index in [9.17, 15) is 4.79 Å². The van der Waals surface area contributed by atoms with E-state index in [1.54, 1.807) is 12.4 Å². The monoisotopic (exact) mass is 318 g/mol. The quantitative estimate of drug-likeness (QED) is 0.742.